The van der Waals surface area contributed by atoms with Gasteiger partial charge < -0.3 is 74.4 Å². The average molecular weight is 1220 g/mol. The van der Waals surface area contributed by atoms with E-state index in [0.717, 1.165) is 0 Å². The molecule has 88 heavy (non-hydrogen) atoms. The lowest BCUT2D eigenvalue weighted by atomic mass is 9.98. The number of carbonyl (C=O) groups is 12. The van der Waals surface area contributed by atoms with Gasteiger partial charge in [0.05, 0.1) is 12.8 Å². The van der Waals surface area contributed by atoms with E-state index in [-0.39, 0.29) is 82.0 Å². The summed E-state index contributed by atoms with van der Waals surface area (Å²) in [6.45, 7) is 10.4. The summed E-state index contributed by atoms with van der Waals surface area (Å²) >= 11 is 0. The highest BCUT2D eigenvalue weighted by atomic mass is 16.4. The molecule has 26 heteroatoms. The number of fused-ring (bicyclic) bond motifs is 1. The fraction of sp³-hybridized carbons (Fsp3) is 0.516. The first kappa shape index (κ1) is 69.8. The number of phenols is 1. The van der Waals surface area contributed by atoms with Crippen LogP contribution in [-0.2, 0) is 76.8 Å². The molecule has 478 valence electrons. The second-order valence-corrected chi connectivity index (χ2v) is 23.6. The molecule has 15 N–H and O–H groups in total. The number of rotatable bonds is 18. The van der Waals surface area contributed by atoms with Crippen molar-refractivity contribution in [2.24, 2.45) is 29.2 Å². The van der Waals surface area contributed by atoms with Gasteiger partial charge in [-0.25, -0.2) is 0 Å². The van der Waals surface area contributed by atoms with Gasteiger partial charge in [-0.1, -0.05) is 114 Å². The maximum Gasteiger partial charge on any atom is 0.305 e. The fourth-order valence-corrected chi connectivity index (χ4v) is 10.4. The first-order valence-electron chi connectivity index (χ1n) is 29.8. The Kier molecular flexibility index (Phi) is 26.8. The van der Waals surface area contributed by atoms with Crippen molar-refractivity contribution < 1.29 is 67.7 Å². The van der Waals surface area contributed by atoms with Crippen molar-refractivity contribution in [2.45, 2.75) is 173 Å². The Labute approximate surface area is 512 Å². The van der Waals surface area contributed by atoms with Gasteiger partial charge >= 0.3 is 5.97 Å². The Morgan fingerprint density at radius 1 is 0.500 bits per heavy atom. The van der Waals surface area contributed by atoms with E-state index in [1.807, 2.05) is 0 Å². The van der Waals surface area contributed by atoms with E-state index >= 15 is 4.79 Å². The van der Waals surface area contributed by atoms with E-state index in [1.165, 1.54) is 17.0 Å². The largest absolute Gasteiger partial charge is 0.508 e. The quantitative estimate of drug-likeness (QED) is 0.0773. The summed E-state index contributed by atoms with van der Waals surface area (Å²) in [6.07, 6.45) is -1.89. The van der Waals surface area contributed by atoms with Crippen LogP contribution in [0.15, 0.2) is 84.9 Å². The third kappa shape index (κ3) is 21.8. The molecule has 2 aliphatic rings. The zero-order chi connectivity index (χ0) is 64.8. The summed E-state index contributed by atoms with van der Waals surface area (Å²) in [5, 5.41) is 43.8. The molecule has 5 rings (SSSR count). The van der Waals surface area contributed by atoms with Crippen LogP contribution in [0.4, 0.5) is 0 Å². The molecule has 0 aromatic heterocycles. The highest BCUT2D eigenvalue weighted by molar-refractivity contribution is 6.01. The Hall–Kier alpha value is -8.94. The molecule has 11 amide bonds. The van der Waals surface area contributed by atoms with Crippen molar-refractivity contribution in [1.82, 2.24) is 52.8 Å². The molecular weight excluding hydrogens is 1140 g/mol. The van der Waals surface area contributed by atoms with Crippen LogP contribution in [0.2, 0.25) is 0 Å². The summed E-state index contributed by atoms with van der Waals surface area (Å²) in [5.41, 5.74) is 13.1. The van der Waals surface area contributed by atoms with Crippen molar-refractivity contribution in [2.75, 3.05) is 13.1 Å². The third-order valence-electron chi connectivity index (χ3n) is 15.0. The van der Waals surface area contributed by atoms with Crippen LogP contribution in [0.25, 0.3) is 0 Å². The predicted molar refractivity (Wildman–Crippen MR) is 322 cm³/mol. The minimum atomic E-state index is -1.95. The van der Waals surface area contributed by atoms with Crippen LogP contribution in [0.1, 0.15) is 110 Å². The summed E-state index contributed by atoms with van der Waals surface area (Å²) in [4.78, 5) is 172. The van der Waals surface area contributed by atoms with Crippen molar-refractivity contribution in [1.29, 1.82) is 0 Å². The summed E-state index contributed by atoms with van der Waals surface area (Å²) in [7, 11) is 0. The monoisotopic (exact) mass is 1220 g/mol. The predicted octanol–water partition coefficient (Wildman–Crippen LogP) is -0.375. The number of phenolic OH excluding ortho intramolecular Hbond substituents is 1. The van der Waals surface area contributed by atoms with Crippen molar-refractivity contribution in [3.05, 3.63) is 102 Å². The Balaban J connectivity index is 1.64. The Bertz CT molecular complexity index is 2930. The topological polar surface area (TPSA) is 409 Å². The lowest BCUT2D eigenvalue weighted by molar-refractivity contribution is -0.142. The molecule has 2 aliphatic heterocycles. The van der Waals surface area contributed by atoms with Crippen LogP contribution >= 0.6 is 0 Å². The molecule has 0 saturated carbocycles. The minimum Gasteiger partial charge on any atom is -0.508 e. The van der Waals surface area contributed by atoms with Crippen molar-refractivity contribution in [3.8, 4) is 5.75 Å². The van der Waals surface area contributed by atoms with Gasteiger partial charge in [-0.2, -0.15) is 0 Å². The maximum absolute atomic E-state index is 15.1. The van der Waals surface area contributed by atoms with Gasteiger partial charge in [-0.3, -0.25) is 57.5 Å². The van der Waals surface area contributed by atoms with E-state index in [4.69, 9.17) is 11.5 Å². The van der Waals surface area contributed by atoms with Gasteiger partial charge in [0.25, 0.3) is 0 Å². The number of carboxylic acids is 1. The zero-order valence-electron chi connectivity index (χ0n) is 50.7. The lowest BCUT2D eigenvalue weighted by Gasteiger charge is -2.32. The van der Waals surface area contributed by atoms with Crippen LogP contribution in [0.5, 0.6) is 5.75 Å². The number of aromatic hydroxyl groups is 1. The number of hydrogen-bond acceptors (Lipinski definition) is 14. The van der Waals surface area contributed by atoms with Crippen LogP contribution in [-0.4, -0.2) is 160 Å². The summed E-state index contributed by atoms with van der Waals surface area (Å²) in [6, 6.07) is 7.91. The second kappa shape index (κ2) is 33.8. The van der Waals surface area contributed by atoms with Gasteiger partial charge in [0.2, 0.25) is 65.0 Å². The fourth-order valence-electron chi connectivity index (χ4n) is 10.4. The molecule has 2 heterocycles. The van der Waals surface area contributed by atoms with Gasteiger partial charge in [-0.05, 0) is 91.6 Å². The molecule has 26 nitrogen and oxygen atoms in total. The molecule has 3 aromatic carbocycles. The number of benzene rings is 3. The van der Waals surface area contributed by atoms with Crippen LogP contribution in [0, 0.1) is 17.8 Å². The van der Waals surface area contributed by atoms with Crippen LogP contribution in [0.3, 0.4) is 0 Å². The summed E-state index contributed by atoms with van der Waals surface area (Å²) < 4.78 is 0. The molecule has 0 bridgehead atoms. The number of primary amides is 1. The molecule has 10 atom stereocenters. The molecule has 0 unspecified atom stereocenters. The average Bonchev–Trinajstić information content (AvgIpc) is 2.77. The van der Waals surface area contributed by atoms with E-state index in [2.05, 4.69) is 47.9 Å². The Morgan fingerprint density at radius 3 is 1.38 bits per heavy atom. The highest BCUT2D eigenvalue weighted by Gasteiger charge is 2.42. The lowest BCUT2D eigenvalue weighted by Crippen LogP contribution is -2.62. The van der Waals surface area contributed by atoms with E-state index in [9.17, 15) is 63.0 Å². The number of aliphatic carboxylic acids is 1. The maximum atomic E-state index is 15.1. The van der Waals surface area contributed by atoms with E-state index in [1.54, 1.807) is 114 Å². The van der Waals surface area contributed by atoms with Gasteiger partial charge in [0, 0.05) is 25.8 Å². The zero-order valence-corrected chi connectivity index (χ0v) is 50.7. The van der Waals surface area contributed by atoms with Crippen molar-refractivity contribution in [3.63, 3.8) is 0 Å². The number of carboxylic acid groups (broad SMARTS) is 1. The normalized spacial score (nSPS) is 24.6. The number of carbonyl (C=O) groups excluding carboxylic acids is 11. The number of nitrogens with two attached hydrogens (primary N) is 2. The number of hydrogen-bond donors (Lipinski definition) is 13. The Morgan fingerprint density at radius 2 is 0.898 bits per heavy atom. The molecule has 3 aromatic rings. The molecule has 0 aliphatic carbocycles. The highest BCUT2D eigenvalue weighted by Crippen LogP contribution is 2.22. The van der Waals surface area contributed by atoms with Crippen molar-refractivity contribution >= 4 is 70.9 Å². The first-order valence-corrected chi connectivity index (χ1v) is 29.8. The third-order valence-corrected chi connectivity index (χ3v) is 15.0. The van der Waals surface area contributed by atoms with Gasteiger partial charge in [0.1, 0.15) is 66.2 Å². The minimum absolute atomic E-state index is 0.0297. The SMILES string of the molecule is CC(C)C[C@@H]1NC(=O)[C@H](CC(=O)O)NC(=O)[C@H](CC(N)=O)NC(=O)[C@@H](Cc2ccccc2)NC(=O)[C@H](Cc2ccccc2)NC(=O)[C@@H]2CCCN2C(=O)[C@@H](Cc2ccc(O)cc2)NC(=O)[C@H](CC(C)C)NC(=O)[C@H](CCCN)NC(=O)[C@H](C(C)C)NC1=O. The number of nitrogens with one attached hydrogen (secondary N) is 9. The standard InChI is InChI=1S/C62H86N12O14/c1-34(2)27-42-54(80)72-48(31-39-21-23-40(75)24-22-39)62(88)74-26-14-20-49(74)60(86)71-45(30-38-17-11-8-12-18-38)56(82)68-44(29-37-15-9-7-10-16-37)55(81)69-46(32-50(64)76)57(83)70-47(33-51(77)78)58(84)67-43(28-35(3)4)59(85)73-52(36(5)6)61(87)65-41(19-13-25-63)53(79)66-42/h7-12,15-18,21-24,34-36,41-49,52,75H,13-14,19-20,25-33,63H2,1-6H3,(H2,64,76)(H,65,87)(H,66,79)(H,67,84)(H,68,82)(H,69,81)(H,70,83)(H,71,86)(H,72,80)(H,73,85)(H,77,78)/t41-,42-,43-,44+,45-,46-,47-,48+,49-,52-/m0/s1. The van der Waals surface area contributed by atoms with E-state index < -0.39 is 150 Å². The molecule has 0 radical (unpaired) electrons. The summed E-state index contributed by atoms with van der Waals surface area (Å²) in [5.74, 6) is -13.1. The second-order valence-electron chi connectivity index (χ2n) is 23.6. The molecule has 2 saturated heterocycles. The first-order chi connectivity index (χ1) is 41.7. The van der Waals surface area contributed by atoms with Crippen LogP contribution < -0.4 is 59.3 Å². The molecular formula is C62H86N12O14. The smallest absolute Gasteiger partial charge is 0.305 e. The van der Waals surface area contributed by atoms with Gasteiger partial charge in [0.15, 0.2) is 0 Å². The number of amides is 11. The molecule has 0 spiro atoms. The van der Waals surface area contributed by atoms with Gasteiger partial charge in [-0.15, -0.1) is 0 Å². The molecule has 2 fully saturated rings. The van der Waals surface area contributed by atoms with E-state index in [0.29, 0.717) is 23.1 Å². The number of nitrogens with zero attached hydrogens (tertiary/aromatic N) is 1.